The first kappa shape index (κ1) is 16.8. The van der Waals surface area contributed by atoms with E-state index in [-0.39, 0.29) is 5.13 Å². The molecule has 1 aromatic carbocycles. The number of anilines is 1. The molecule has 2 rings (SSSR count). The molecule has 1 N–H and O–H groups in total. The first-order valence-electron chi connectivity index (χ1n) is 5.80. The van der Waals surface area contributed by atoms with Gasteiger partial charge in [0, 0.05) is 3.57 Å². The zero-order valence-electron chi connectivity index (χ0n) is 11.4. The Bertz CT molecular complexity index is 696. The number of ether oxygens (including phenoxy) is 2. The van der Waals surface area contributed by atoms with Gasteiger partial charge in [0.2, 0.25) is 5.13 Å². The summed E-state index contributed by atoms with van der Waals surface area (Å²) in [7, 11) is 2.94. The normalized spacial score (nSPS) is 10.6. The SMILES string of the molecule is COc1cc(I)c(C(=O)Nc2nnc(C(F)F)s2)cc1OC. The van der Waals surface area contributed by atoms with E-state index >= 15 is 0 Å². The van der Waals surface area contributed by atoms with Crippen molar-refractivity contribution in [3.05, 3.63) is 26.3 Å². The van der Waals surface area contributed by atoms with Crippen molar-refractivity contribution in [3.63, 3.8) is 0 Å². The van der Waals surface area contributed by atoms with Crippen LogP contribution in [0.15, 0.2) is 12.1 Å². The van der Waals surface area contributed by atoms with Crippen molar-refractivity contribution in [2.45, 2.75) is 6.43 Å². The van der Waals surface area contributed by atoms with Gasteiger partial charge in [-0.15, -0.1) is 10.2 Å². The van der Waals surface area contributed by atoms with Gasteiger partial charge < -0.3 is 9.47 Å². The van der Waals surface area contributed by atoms with Crippen LogP contribution in [0.1, 0.15) is 21.8 Å². The Balaban J connectivity index is 2.25. The number of benzene rings is 1. The van der Waals surface area contributed by atoms with Crippen LogP contribution in [0.3, 0.4) is 0 Å². The molecule has 6 nitrogen and oxygen atoms in total. The van der Waals surface area contributed by atoms with E-state index < -0.39 is 17.3 Å². The molecule has 0 unspecified atom stereocenters. The van der Waals surface area contributed by atoms with Crippen LogP contribution in [0.2, 0.25) is 0 Å². The predicted molar refractivity (Wildman–Crippen MR) is 85.1 cm³/mol. The summed E-state index contributed by atoms with van der Waals surface area (Å²) in [4.78, 5) is 12.2. The maximum Gasteiger partial charge on any atom is 0.291 e. The highest BCUT2D eigenvalue weighted by Gasteiger charge is 2.19. The van der Waals surface area contributed by atoms with Gasteiger partial charge >= 0.3 is 0 Å². The number of alkyl halides is 2. The Kier molecular flexibility index (Phi) is 5.45. The Morgan fingerprint density at radius 3 is 2.45 bits per heavy atom. The summed E-state index contributed by atoms with van der Waals surface area (Å²) < 4.78 is 35.8. The Morgan fingerprint density at radius 2 is 1.91 bits per heavy atom. The summed E-state index contributed by atoms with van der Waals surface area (Å²) in [6.45, 7) is 0. The van der Waals surface area contributed by atoms with Crippen LogP contribution in [0.5, 0.6) is 11.5 Å². The van der Waals surface area contributed by atoms with Crippen molar-refractivity contribution in [3.8, 4) is 11.5 Å². The molecule has 0 atom stereocenters. The molecule has 0 spiro atoms. The molecular formula is C12H10F2IN3O3S. The first-order chi connectivity index (χ1) is 10.5. The van der Waals surface area contributed by atoms with Gasteiger partial charge in [-0.05, 0) is 34.7 Å². The number of carbonyl (C=O) groups is 1. The Labute approximate surface area is 142 Å². The molecule has 2 aromatic rings. The van der Waals surface area contributed by atoms with Crippen LogP contribution in [-0.4, -0.2) is 30.3 Å². The lowest BCUT2D eigenvalue weighted by atomic mass is 10.2. The van der Waals surface area contributed by atoms with Crippen molar-refractivity contribution in [1.82, 2.24) is 10.2 Å². The largest absolute Gasteiger partial charge is 0.493 e. The minimum atomic E-state index is -2.72. The number of hydrogen-bond acceptors (Lipinski definition) is 6. The van der Waals surface area contributed by atoms with E-state index in [1.807, 2.05) is 22.6 Å². The number of aromatic nitrogens is 2. The van der Waals surface area contributed by atoms with Crippen LogP contribution >= 0.6 is 33.9 Å². The average Bonchev–Trinajstić information content (AvgIpc) is 2.95. The molecule has 1 heterocycles. The van der Waals surface area contributed by atoms with Gasteiger partial charge in [0.15, 0.2) is 16.5 Å². The molecule has 22 heavy (non-hydrogen) atoms. The lowest BCUT2D eigenvalue weighted by Gasteiger charge is -2.11. The van der Waals surface area contributed by atoms with Crippen LogP contribution in [0.25, 0.3) is 0 Å². The third-order valence-electron chi connectivity index (χ3n) is 2.57. The van der Waals surface area contributed by atoms with E-state index in [9.17, 15) is 13.6 Å². The number of hydrogen-bond donors (Lipinski definition) is 1. The summed E-state index contributed by atoms with van der Waals surface area (Å²) in [6, 6.07) is 3.14. The van der Waals surface area contributed by atoms with Crippen molar-refractivity contribution in [2.24, 2.45) is 0 Å². The smallest absolute Gasteiger partial charge is 0.291 e. The molecular weight excluding hydrogens is 431 g/mol. The average molecular weight is 441 g/mol. The molecule has 0 saturated carbocycles. The van der Waals surface area contributed by atoms with Crippen LogP contribution in [-0.2, 0) is 0 Å². The molecule has 0 bridgehead atoms. The van der Waals surface area contributed by atoms with Gasteiger partial charge in [-0.1, -0.05) is 11.3 Å². The topological polar surface area (TPSA) is 73.3 Å². The molecule has 0 saturated heterocycles. The quantitative estimate of drug-likeness (QED) is 0.721. The van der Waals surface area contributed by atoms with Crippen molar-refractivity contribution < 1.29 is 23.0 Å². The van der Waals surface area contributed by atoms with Crippen LogP contribution in [0.4, 0.5) is 13.9 Å². The fourth-order valence-corrected chi connectivity index (χ4v) is 2.84. The highest BCUT2D eigenvalue weighted by atomic mass is 127. The second-order valence-corrected chi connectivity index (χ2v) is 6.06. The molecule has 0 fully saturated rings. The lowest BCUT2D eigenvalue weighted by Crippen LogP contribution is -2.13. The third kappa shape index (κ3) is 3.61. The predicted octanol–water partition coefficient (Wildman–Crippen LogP) is 3.35. The number of halogens is 3. The molecule has 0 radical (unpaired) electrons. The molecule has 0 aliphatic carbocycles. The summed E-state index contributed by atoms with van der Waals surface area (Å²) in [5.74, 6) is 0.375. The second-order valence-electron chi connectivity index (χ2n) is 3.89. The van der Waals surface area contributed by atoms with E-state index in [4.69, 9.17) is 9.47 Å². The van der Waals surface area contributed by atoms with Gasteiger partial charge in [0.1, 0.15) is 0 Å². The minimum Gasteiger partial charge on any atom is -0.493 e. The molecule has 1 amide bonds. The van der Waals surface area contributed by atoms with Crippen molar-refractivity contribution in [2.75, 3.05) is 19.5 Å². The molecule has 1 aromatic heterocycles. The van der Waals surface area contributed by atoms with Gasteiger partial charge in [-0.2, -0.15) is 0 Å². The van der Waals surface area contributed by atoms with E-state index in [1.165, 1.54) is 20.3 Å². The maximum atomic E-state index is 12.5. The Morgan fingerprint density at radius 1 is 1.27 bits per heavy atom. The number of methoxy groups -OCH3 is 2. The van der Waals surface area contributed by atoms with Gasteiger partial charge in [0.05, 0.1) is 19.8 Å². The monoisotopic (exact) mass is 441 g/mol. The second kappa shape index (κ2) is 7.13. The van der Waals surface area contributed by atoms with Crippen molar-refractivity contribution >= 4 is 45.0 Å². The van der Waals surface area contributed by atoms with E-state index in [0.717, 1.165) is 0 Å². The van der Waals surface area contributed by atoms with Crippen LogP contribution in [0, 0.1) is 3.57 Å². The lowest BCUT2D eigenvalue weighted by molar-refractivity contribution is 0.102. The molecule has 118 valence electrons. The molecule has 0 aliphatic rings. The number of amides is 1. The Hall–Kier alpha value is -1.56. The summed E-state index contributed by atoms with van der Waals surface area (Å²) in [6.07, 6.45) is -2.72. The highest BCUT2D eigenvalue weighted by molar-refractivity contribution is 14.1. The van der Waals surface area contributed by atoms with Gasteiger partial charge in [-0.25, -0.2) is 8.78 Å². The van der Waals surface area contributed by atoms with Gasteiger partial charge in [-0.3, -0.25) is 10.1 Å². The fraction of sp³-hybridized carbons (Fsp3) is 0.250. The summed E-state index contributed by atoms with van der Waals surface area (Å²) in [5.41, 5.74) is 0.312. The fourth-order valence-electron chi connectivity index (χ4n) is 1.57. The number of nitrogens with one attached hydrogen (secondary N) is 1. The van der Waals surface area contributed by atoms with Crippen LogP contribution < -0.4 is 14.8 Å². The first-order valence-corrected chi connectivity index (χ1v) is 7.70. The third-order valence-corrected chi connectivity index (χ3v) is 4.30. The zero-order chi connectivity index (χ0) is 16.3. The number of nitrogens with zero attached hydrogens (tertiary/aromatic N) is 2. The number of rotatable bonds is 5. The zero-order valence-corrected chi connectivity index (χ0v) is 14.4. The van der Waals surface area contributed by atoms with Gasteiger partial charge in [0.25, 0.3) is 12.3 Å². The van der Waals surface area contributed by atoms with Crippen molar-refractivity contribution in [1.29, 1.82) is 0 Å². The molecule has 10 heteroatoms. The van der Waals surface area contributed by atoms with E-state index in [1.54, 1.807) is 6.07 Å². The standard InChI is InChI=1S/C12H10F2IN3O3S/c1-20-7-3-5(6(15)4-8(7)21-2)10(19)16-12-18-17-11(22-12)9(13)14/h3-4,9H,1-2H3,(H,16,18,19). The summed E-state index contributed by atoms with van der Waals surface area (Å²) in [5, 5.41) is 8.80. The maximum absolute atomic E-state index is 12.5. The van der Waals surface area contributed by atoms with E-state index in [2.05, 4.69) is 15.5 Å². The minimum absolute atomic E-state index is 0.00545. The number of carbonyl (C=O) groups excluding carboxylic acids is 1. The van der Waals surface area contributed by atoms with E-state index in [0.29, 0.717) is 32.0 Å². The molecule has 0 aliphatic heterocycles. The summed E-state index contributed by atoms with van der Waals surface area (Å²) >= 11 is 2.59. The highest BCUT2D eigenvalue weighted by Crippen LogP contribution is 2.32.